The van der Waals surface area contributed by atoms with Gasteiger partial charge in [0.1, 0.15) is 5.52 Å². The van der Waals surface area contributed by atoms with Crippen molar-refractivity contribution in [1.82, 2.24) is 24.4 Å². The molecule has 0 aliphatic carbocycles. The summed E-state index contributed by atoms with van der Waals surface area (Å²) in [5, 5.41) is 0. The second-order valence-electron chi connectivity index (χ2n) is 5.87. The molecular weight excluding hydrogens is 304 g/mol. The van der Waals surface area contributed by atoms with Gasteiger partial charge in [0.2, 0.25) is 5.95 Å². The molecule has 3 aromatic heterocycles. The molecule has 0 saturated heterocycles. The van der Waals surface area contributed by atoms with Crippen molar-refractivity contribution in [3.63, 3.8) is 0 Å². The van der Waals surface area contributed by atoms with Crippen LogP contribution in [0.4, 0.5) is 5.95 Å². The Morgan fingerprint density at radius 3 is 3.08 bits per heavy atom. The smallest absolute Gasteiger partial charge is 0.255 e. The van der Waals surface area contributed by atoms with Crippen molar-refractivity contribution < 1.29 is 4.79 Å². The fraction of sp³-hybridized carbons (Fsp3) is 0.294. The van der Waals surface area contributed by atoms with Crippen molar-refractivity contribution in [2.75, 3.05) is 12.3 Å². The van der Waals surface area contributed by atoms with Crippen molar-refractivity contribution in [2.45, 2.75) is 26.4 Å². The first kappa shape index (κ1) is 14.6. The third-order valence-electron chi connectivity index (χ3n) is 4.43. The Hall–Kier alpha value is -2.96. The normalized spacial score (nSPS) is 14.0. The van der Waals surface area contributed by atoms with Crippen LogP contribution in [0, 0.1) is 0 Å². The first-order chi connectivity index (χ1) is 11.7. The predicted octanol–water partition coefficient (Wildman–Crippen LogP) is 1.63. The molecule has 0 unspecified atom stereocenters. The Balaban J connectivity index is 1.64. The van der Waals surface area contributed by atoms with Gasteiger partial charge in [-0.3, -0.25) is 14.3 Å². The van der Waals surface area contributed by atoms with Crippen molar-refractivity contribution >= 4 is 23.0 Å². The molecule has 3 aromatic rings. The average Bonchev–Trinajstić information content (AvgIpc) is 2.94. The standard InChI is InChI=1S/C17H18N6O/c1-2-23-15-14(21-17(23)18)8-12(9-20-15)16(24)22-7-5-13-11(10-22)4-3-6-19-13/h3-4,6,8-9H,2,5,7,10H2,1H3,(H2,18,21). The summed E-state index contributed by atoms with van der Waals surface area (Å²) >= 11 is 0. The third kappa shape index (κ3) is 2.29. The number of nitrogen functional groups attached to an aromatic ring is 1. The molecule has 1 aliphatic rings. The highest BCUT2D eigenvalue weighted by Crippen LogP contribution is 2.21. The summed E-state index contributed by atoms with van der Waals surface area (Å²) in [6, 6.07) is 5.69. The number of hydrogen-bond acceptors (Lipinski definition) is 5. The number of rotatable bonds is 2. The number of aryl methyl sites for hydroxylation is 1. The van der Waals surface area contributed by atoms with Gasteiger partial charge < -0.3 is 10.6 Å². The lowest BCUT2D eigenvalue weighted by molar-refractivity contribution is 0.0733. The molecule has 0 fully saturated rings. The molecule has 0 atom stereocenters. The number of carbonyl (C=O) groups excluding carboxylic acids is 1. The number of fused-ring (bicyclic) bond motifs is 2. The van der Waals surface area contributed by atoms with Crippen LogP contribution in [0.5, 0.6) is 0 Å². The molecule has 0 aromatic carbocycles. The highest BCUT2D eigenvalue weighted by molar-refractivity contribution is 5.96. The molecule has 2 N–H and O–H groups in total. The van der Waals surface area contributed by atoms with E-state index < -0.39 is 0 Å². The van der Waals surface area contributed by atoms with Crippen LogP contribution in [-0.4, -0.2) is 36.9 Å². The molecule has 122 valence electrons. The van der Waals surface area contributed by atoms with E-state index >= 15 is 0 Å². The maximum Gasteiger partial charge on any atom is 0.255 e. The first-order valence-corrected chi connectivity index (χ1v) is 8.01. The maximum atomic E-state index is 12.8. The molecule has 4 heterocycles. The number of aromatic nitrogens is 4. The first-order valence-electron chi connectivity index (χ1n) is 8.01. The molecule has 0 bridgehead atoms. The maximum absolute atomic E-state index is 12.8. The van der Waals surface area contributed by atoms with Crippen LogP contribution in [0.1, 0.15) is 28.5 Å². The fourth-order valence-corrected chi connectivity index (χ4v) is 3.18. The minimum Gasteiger partial charge on any atom is -0.369 e. The number of amides is 1. The highest BCUT2D eigenvalue weighted by atomic mass is 16.2. The summed E-state index contributed by atoms with van der Waals surface area (Å²) in [6.07, 6.45) is 4.17. The monoisotopic (exact) mass is 322 g/mol. The zero-order valence-electron chi connectivity index (χ0n) is 13.4. The van der Waals surface area contributed by atoms with Crippen molar-refractivity contribution in [1.29, 1.82) is 0 Å². The lowest BCUT2D eigenvalue weighted by Crippen LogP contribution is -2.36. The van der Waals surface area contributed by atoms with Gasteiger partial charge in [0, 0.05) is 44.1 Å². The molecule has 0 saturated carbocycles. The predicted molar refractivity (Wildman–Crippen MR) is 90.3 cm³/mol. The van der Waals surface area contributed by atoms with Crippen LogP contribution in [0.25, 0.3) is 11.2 Å². The lowest BCUT2D eigenvalue weighted by atomic mass is 10.0. The van der Waals surface area contributed by atoms with Crippen molar-refractivity contribution in [2.24, 2.45) is 0 Å². The van der Waals surface area contributed by atoms with Gasteiger partial charge in [-0.25, -0.2) is 9.97 Å². The topological polar surface area (TPSA) is 89.9 Å². The van der Waals surface area contributed by atoms with Gasteiger partial charge in [-0.1, -0.05) is 6.07 Å². The van der Waals surface area contributed by atoms with E-state index in [1.165, 1.54) is 0 Å². The quantitative estimate of drug-likeness (QED) is 0.774. The zero-order valence-corrected chi connectivity index (χ0v) is 13.4. The van der Waals surface area contributed by atoms with Crippen LogP contribution in [0.15, 0.2) is 30.6 Å². The van der Waals surface area contributed by atoms with Crippen LogP contribution < -0.4 is 5.73 Å². The van der Waals surface area contributed by atoms with E-state index in [0.29, 0.717) is 42.3 Å². The van der Waals surface area contributed by atoms with Crippen molar-refractivity contribution in [3.8, 4) is 0 Å². The minimum atomic E-state index is -0.0384. The molecule has 4 rings (SSSR count). The number of pyridine rings is 2. The van der Waals surface area contributed by atoms with Crippen LogP contribution in [0.3, 0.4) is 0 Å². The molecular formula is C17H18N6O. The summed E-state index contributed by atoms with van der Waals surface area (Å²) in [7, 11) is 0. The number of hydrogen-bond donors (Lipinski definition) is 1. The Bertz CT molecular complexity index is 932. The zero-order chi connectivity index (χ0) is 16.7. The summed E-state index contributed by atoms with van der Waals surface area (Å²) in [4.78, 5) is 27.7. The van der Waals surface area contributed by atoms with Gasteiger partial charge in [0.15, 0.2) is 5.65 Å². The SMILES string of the molecule is CCn1c(N)nc2cc(C(=O)N3CCc4ncccc4C3)cnc21. The summed E-state index contributed by atoms with van der Waals surface area (Å²) < 4.78 is 1.83. The van der Waals surface area contributed by atoms with E-state index in [1.807, 2.05) is 28.5 Å². The number of carbonyl (C=O) groups is 1. The van der Waals surface area contributed by atoms with E-state index in [9.17, 15) is 4.79 Å². The summed E-state index contributed by atoms with van der Waals surface area (Å²) in [5.74, 6) is 0.381. The number of nitrogens with two attached hydrogens (primary N) is 1. The van der Waals surface area contributed by atoms with Gasteiger partial charge in [-0.05, 0) is 24.6 Å². The van der Waals surface area contributed by atoms with E-state index in [-0.39, 0.29) is 5.91 Å². The fourth-order valence-electron chi connectivity index (χ4n) is 3.18. The van der Waals surface area contributed by atoms with E-state index in [2.05, 4.69) is 15.0 Å². The Morgan fingerprint density at radius 2 is 2.25 bits per heavy atom. The Morgan fingerprint density at radius 1 is 1.38 bits per heavy atom. The Kier molecular flexibility index (Phi) is 3.41. The van der Waals surface area contributed by atoms with Crippen LogP contribution >= 0.6 is 0 Å². The lowest BCUT2D eigenvalue weighted by Gasteiger charge is -2.28. The largest absolute Gasteiger partial charge is 0.369 e. The van der Waals surface area contributed by atoms with Crippen LogP contribution in [-0.2, 0) is 19.5 Å². The van der Waals surface area contributed by atoms with Gasteiger partial charge in [-0.2, -0.15) is 0 Å². The highest BCUT2D eigenvalue weighted by Gasteiger charge is 2.23. The second-order valence-corrected chi connectivity index (χ2v) is 5.87. The molecule has 0 spiro atoms. The Labute approximate surface area is 139 Å². The molecule has 24 heavy (non-hydrogen) atoms. The molecule has 1 aliphatic heterocycles. The van der Waals surface area contributed by atoms with E-state index in [4.69, 9.17) is 5.73 Å². The van der Waals surface area contributed by atoms with Gasteiger partial charge in [-0.15, -0.1) is 0 Å². The molecule has 1 amide bonds. The van der Waals surface area contributed by atoms with Crippen molar-refractivity contribution in [3.05, 3.63) is 47.4 Å². The van der Waals surface area contributed by atoms with Gasteiger partial charge >= 0.3 is 0 Å². The number of nitrogens with zero attached hydrogens (tertiary/aromatic N) is 5. The number of imidazole rings is 1. The average molecular weight is 322 g/mol. The summed E-state index contributed by atoms with van der Waals surface area (Å²) in [5.41, 5.74) is 9.97. The number of anilines is 1. The molecule has 7 heteroatoms. The van der Waals surface area contributed by atoms with E-state index in [0.717, 1.165) is 17.7 Å². The van der Waals surface area contributed by atoms with Gasteiger partial charge in [0.25, 0.3) is 5.91 Å². The van der Waals surface area contributed by atoms with Crippen LogP contribution in [0.2, 0.25) is 0 Å². The minimum absolute atomic E-state index is 0.0384. The molecule has 0 radical (unpaired) electrons. The van der Waals surface area contributed by atoms with Gasteiger partial charge in [0.05, 0.1) is 5.56 Å². The third-order valence-corrected chi connectivity index (χ3v) is 4.43. The molecule has 7 nitrogen and oxygen atoms in total. The van der Waals surface area contributed by atoms with E-state index in [1.54, 1.807) is 18.5 Å². The summed E-state index contributed by atoms with van der Waals surface area (Å²) in [6.45, 7) is 3.91. The second kappa shape index (κ2) is 5.59.